The predicted molar refractivity (Wildman–Crippen MR) is 105 cm³/mol. The molecular weight excluding hydrogens is 342 g/mol. The van der Waals surface area contributed by atoms with Crippen LogP contribution in [-0.2, 0) is 11.2 Å². The Morgan fingerprint density at radius 2 is 2.07 bits per heavy atom. The second-order valence-electron chi connectivity index (χ2n) is 7.80. The van der Waals surface area contributed by atoms with Crippen molar-refractivity contribution >= 4 is 11.9 Å². The molecular formula is C21H31N3O3. The van der Waals surface area contributed by atoms with E-state index in [-0.39, 0.29) is 23.9 Å². The Morgan fingerprint density at radius 1 is 1.33 bits per heavy atom. The number of carbonyl (C=O) groups is 2. The van der Waals surface area contributed by atoms with Crippen LogP contribution < -0.4 is 10.1 Å². The lowest BCUT2D eigenvalue weighted by molar-refractivity contribution is -0.130. The first-order valence-corrected chi connectivity index (χ1v) is 10.0. The monoisotopic (exact) mass is 373 g/mol. The molecule has 1 aromatic rings. The van der Waals surface area contributed by atoms with Gasteiger partial charge in [0.1, 0.15) is 5.75 Å². The van der Waals surface area contributed by atoms with E-state index in [1.807, 2.05) is 31.0 Å². The van der Waals surface area contributed by atoms with Crippen molar-refractivity contribution in [1.82, 2.24) is 15.1 Å². The van der Waals surface area contributed by atoms with Crippen LogP contribution >= 0.6 is 0 Å². The molecule has 1 unspecified atom stereocenters. The first-order valence-electron chi connectivity index (χ1n) is 10.0. The maximum absolute atomic E-state index is 12.7. The summed E-state index contributed by atoms with van der Waals surface area (Å²) < 4.78 is 5.47. The summed E-state index contributed by atoms with van der Waals surface area (Å²) in [6.07, 6.45) is 2.70. The number of piperidine rings is 1. The largest absolute Gasteiger partial charge is 0.494 e. The zero-order valence-corrected chi connectivity index (χ0v) is 16.6. The molecule has 2 aliphatic heterocycles. The van der Waals surface area contributed by atoms with Crippen molar-refractivity contribution in [2.75, 3.05) is 33.3 Å². The van der Waals surface area contributed by atoms with Crippen LogP contribution in [0.2, 0.25) is 0 Å². The van der Waals surface area contributed by atoms with Crippen LogP contribution in [0.4, 0.5) is 4.79 Å². The molecule has 0 spiro atoms. The Balaban J connectivity index is 1.49. The fourth-order valence-corrected chi connectivity index (χ4v) is 4.20. The summed E-state index contributed by atoms with van der Waals surface area (Å²) in [4.78, 5) is 28.5. The molecule has 2 saturated heterocycles. The van der Waals surface area contributed by atoms with Crippen molar-refractivity contribution in [3.8, 4) is 5.75 Å². The molecule has 6 heteroatoms. The topological polar surface area (TPSA) is 61.9 Å². The zero-order chi connectivity index (χ0) is 19.4. The van der Waals surface area contributed by atoms with Gasteiger partial charge < -0.3 is 19.9 Å². The smallest absolute Gasteiger partial charge is 0.317 e. The molecule has 0 aliphatic carbocycles. The fraction of sp³-hybridized carbons (Fsp3) is 0.619. The highest BCUT2D eigenvalue weighted by molar-refractivity contribution is 5.84. The van der Waals surface area contributed by atoms with E-state index in [0.29, 0.717) is 25.6 Å². The van der Waals surface area contributed by atoms with Crippen LogP contribution in [0.25, 0.3) is 0 Å². The minimum Gasteiger partial charge on any atom is -0.494 e. The van der Waals surface area contributed by atoms with Gasteiger partial charge in [0.2, 0.25) is 5.91 Å². The molecule has 0 bridgehead atoms. The summed E-state index contributed by atoms with van der Waals surface area (Å²) in [6.45, 7) is 6.80. The molecule has 27 heavy (non-hydrogen) atoms. The van der Waals surface area contributed by atoms with E-state index in [2.05, 4.69) is 24.4 Å². The van der Waals surface area contributed by atoms with E-state index < -0.39 is 0 Å². The second kappa shape index (κ2) is 8.63. The lowest BCUT2D eigenvalue weighted by Gasteiger charge is -2.36. The number of nitrogens with one attached hydrogen (secondary N) is 1. The van der Waals surface area contributed by atoms with E-state index in [1.165, 1.54) is 5.56 Å². The summed E-state index contributed by atoms with van der Waals surface area (Å²) in [7, 11) is 1.83. The zero-order valence-electron chi connectivity index (χ0n) is 16.6. The van der Waals surface area contributed by atoms with E-state index in [4.69, 9.17) is 4.74 Å². The van der Waals surface area contributed by atoms with Gasteiger partial charge in [-0.3, -0.25) is 4.79 Å². The number of urea groups is 1. The number of rotatable bonds is 6. The highest BCUT2D eigenvalue weighted by atomic mass is 16.5. The molecule has 2 fully saturated rings. The standard InChI is InChI=1S/C21H31N3O3/c1-4-27-17-9-7-16(8-10-17)12-15(2)13-22-21(26)24-11-5-6-18-19(24)14-23(3)20(18)25/h7-10,15,18-19H,4-6,11-14H2,1-3H3,(H,22,26)/t15?,18-,19-/m1/s1. The highest BCUT2D eigenvalue weighted by Gasteiger charge is 2.45. The normalized spacial score (nSPS) is 23.1. The van der Waals surface area contributed by atoms with Gasteiger partial charge in [-0.15, -0.1) is 0 Å². The van der Waals surface area contributed by atoms with Crippen LogP contribution in [0.15, 0.2) is 24.3 Å². The molecule has 3 amide bonds. The van der Waals surface area contributed by atoms with E-state index in [9.17, 15) is 9.59 Å². The van der Waals surface area contributed by atoms with Gasteiger partial charge in [0.25, 0.3) is 0 Å². The number of amides is 3. The average Bonchev–Trinajstić information content (AvgIpc) is 2.96. The van der Waals surface area contributed by atoms with E-state index in [0.717, 1.165) is 31.6 Å². The molecule has 3 atom stereocenters. The third-order valence-electron chi connectivity index (χ3n) is 5.61. The summed E-state index contributed by atoms with van der Waals surface area (Å²) in [5, 5.41) is 3.08. The Hall–Kier alpha value is -2.24. The van der Waals surface area contributed by atoms with Crippen molar-refractivity contribution in [3.05, 3.63) is 29.8 Å². The van der Waals surface area contributed by atoms with Gasteiger partial charge in [0, 0.05) is 26.7 Å². The Morgan fingerprint density at radius 3 is 2.78 bits per heavy atom. The lowest BCUT2D eigenvalue weighted by Crippen LogP contribution is -2.53. The summed E-state index contributed by atoms with van der Waals surface area (Å²) in [5.41, 5.74) is 1.24. The molecule has 0 radical (unpaired) electrons. The molecule has 0 aromatic heterocycles. The van der Waals surface area contributed by atoms with Crippen molar-refractivity contribution in [2.45, 2.75) is 39.2 Å². The average molecular weight is 373 g/mol. The molecule has 3 rings (SSSR count). The first kappa shape index (κ1) is 19.5. The first-order chi connectivity index (χ1) is 13.0. The van der Waals surface area contributed by atoms with Gasteiger partial charge >= 0.3 is 6.03 Å². The van der Waals surface area contributed by atoms with Crippen molar-refractivity contribution in [1.29, 1.82) is 0 Å². The van der Waals surface area contributed by atoms with Crippen LogP contribution in [0.1, 0.15) is 32.3 Å². The Labute approximate surface area is 161 Å². The quantitative estimate of drug-likeness (QED) is 0.833. The third kappa shape index (κ3) is 4.54. The van der Waals surface area contributed by atoms with Gasteiger partial charge in [-0.1, -0.05) is 19.1 Å². The number of ether oxygens (including phenoxy) is 1. The summed E-state index contributed by atoms with van der Waals surface area (Å²) in [6, 6.07) is 8.14. The SMILES string of the molecule is CCOc1ccc(CC(C)CNC(=O)N2CCC[C@H]3C(=O)N(C)C[C@H]32)cc1. The lowest BCUT2D eigenvalue weighted by atomic mass is 9.92. The van der Waals surface area contributed by atoms with E-state index >= 15 is 0 Å². The van der Waals surface area contributed by atoms with Gasteiger partial charge in [-0.2, -0.15) is 0 Å². The van der Waals surface area contributed by atoms with Crippen LogP contribution in [0, 0.1) is 11.8 Å². The van der Waals surface area contributed by atoms with Crippen molar-refractivity contribution in [2.24, 2.45) is 11.8 Å². The summed E-state index contributed by atoms with van der Waals surface area (Å²) in [5.74, 6) is 1.38. The molecule has 0 saturated carbocycles. The number of likely N-dealkylation sites (N-methyl/N-ethyl adjacent to an activating group) is 1. The molecule has 148 valence electrons. The van der Waals surface area contributed by atoms with Gasteiger partial charge in [-0.05, 0) is 49.8 Å². The van der Waals surface area contributed by atoms with Gasteiger partial charge in [-0.25, -0.2) is 4.79 Å². The Bertz CT molecular complexity index is 661. The Kier molecular flexibility index (Phi) is 6.24. The minimum atomic E-state index is -0.0358. The molecule has 1 aromatic carbocycles. The summed E-state index contributed by atoms with van der Waals surface area (Å²) >= 11 is 0. The van der Waals surface area contributed by atoms with Crippen LogP contribution in [-0.4, -0.2) is 61.1 Å². The number of carbonyl (C=O) groups excluding carboxylic acids is 2. The van der Waals surface area contributed by atoms with Crippen LogP contribution in [0.5, 0.6) is 5.75 Å². The maximum atomic E-state index is 12.7. The van der Waals surface area contributed by atoms with Crippen LogP contribution in [0.3, 0.4) is 0 Å². The third-order valence-corrected chi connectivity index (χ3v) is 5.61. The molecule has 6 nitrogen and oxygen atoms in total. The number of nitrogens with zero attached hydrogens (tertiary/aromatic N) is 2. The predicted octanol–water partition coefficient (Wildman–Crippen LogP) is 2.53. The molecule has 2 aliphatic rings. The molecule has 1 N–H and O–H groups in total. The highest BCUT2D eigenvalue weighted by Crippen LogP contribution is 2.30. The van der Waals surface area contributed by atoms with Crippen molar-refractivity contribution in [3.63, 3.8) is 0 Å². The maximum Gasteiger partial charge on any atom is 0.317 e. The van der Waals surface area contributed by atoms with Gasteiger partial charge in [0.15, 0.2) is 0 Å². The molecule has 2 heterocycles. The minimum absolute atomic E-state index is 0.0178. The van der Waals surface area contributed by atoms with Gasteiger partial charge in [0.05, 0.1) is 18.6 Å². The van der Waals surface area contributed by atoms with Crippen molar-refractivity contribution < 1.29 is 14.3 Å². The number of hydrogen-bond acceptors (Lipinski definition) is 3. The number of benzene rings is 1. The number of likely N-dealkylation sites (tertiary alicyclic amines) is 2. The fourth-order valence-electron chi connectivity index (χ4n) is 4.20. The number of fused-ring (bicyclic) bond motifs is 1. The van der Waals surface area contributed by atoms with E-state index in [1.54, 1.807) is 4.90 Å². The number of hydrogen-bond donors (Lipinski definition) is 1. The second-order valence-corrected chi connectivity index (χ2v) is 7.80.